The van der Waals surface area contributed by atoms with Gasteiger partial charge in [0, 0.05) is 19.1 Å². The van der Waals surface area contributed by atoms with E-state index in [-0.39, 0.29) is 0 Å². The van der Waals surface area contributed by atoms with E-state index in [0.29, 0.717) is 6.04 Å². The van der Waals surface area contributed by atoms with Crippen molar-refractivity contribution in [1.29, 1.82) is 0 Å². The minimum atomic E-state index is 0.716. The van der Waals surface area contributed by atoms with Gasteiger partial charge in [0.15, 0.2) is 0 Å². The van der Waals surface area contributed by atoms with E-state index >= 15 is 0 Å². The fourth-order valence-electron chi connectivity index (χ4n) is 1.76. The molecule has 0 amide bonds. The van der Waals surface area contributed by atoms with Crippen molar-refractivity contribution in [3.05, 3.63) is 0 Å². The van der Waals surface area contributed by atoms with E-state index < -0.39 is 0 Å². The lowest BCUT2D eigenvalue weighted by atomic mass is 10.2. The average Bonchev–Trinajstić information content (AvgIpc) is 2.22. The first-order valence-electron chi connectivity index (χ1n) is 6.63. The van der Waals surface area contributed by atoms with Gasteiger partial charge in [0.05, 0.1) is 0 Å². The number of hydrogen-bond donors (Lipinski definition) is 1. The summed E-state index contributed by atoms with van der Waals surface area (Å²) in [6, 6.07) is 0.716. The highest BCUT2D eigenvalue weighted by Gasteiger charge is 2.06. The van der Waals surface area contributed by atoms with Crippen molar-refractivity contribution < 1.29 is 0 Å². The van der Waals surface area contributed by atoms with Gasteiger partial charge in [-0.2, -0.15) is 0 Å². The monoisotopic (exact) mass is 229 g/mol. The van der Waals surface area contributed by atoms with Gasteiger partial charge in [0.25, 0.3) is 0 Å². The van der Waals surface area contributed by atoms with Crippen molar-refractivity contribution in [3.63, 3.8) is 0 Å². The maximum Gasteiger partial charge on any atom is 0.0107 e. The average molecular weight is 229 g/mol. The van der Waals surface area contributed by atoms with E-state index in [1.807, 2.05) is 0 Å². The van der Waals surface area contributed by atoms with Crippen molar-refractivity contribution in [2.45, 2.75) is 39.2 Å². The molecule has 0 rings (SSSR count). The number of likely N-dealkylation sites (N-methyl/N-ethyl adjacent to an activating group) is 1. The van der Waals surface area contributed by atoms with E-state index in [1.165, 1.54) is 25.8 Å². The van der Waals surface area contributed by atoms with Crippen LogP contribution in [-0.4, -0.2) is 63.2 Å². The van der Waals surface area contributed by atoms with Crippen LogP contribution in [0, 0.1) is 0 Å². The summed E-state index contributed by atoms with van der Waals surface area (Å²) < 4.78 is 0. The van der Waals surface area contributed by atoms with Crippen LogP contribution in [0.1, 0.15) is 33.1 Å². The highest BCUT2D eigenvalue weighted by Crippen LogP contribution is 2.02. The summed E-state index contributed by atoms with van der Waals surface area (Å²) in [5.74, 6) is 0. The summed E-state index contributed by atoms with van der Waals surface area (Å²) in [7, 11) is 6.47. The first-order valence-corrected chi connectivity index (χ1v) is 6.63. The third kappa shape index (κ3) is 9.13. The molecule has 3 heteroatoms. The van der Waals surface area contributed by atoms with Crippen LogP contribution in [0.3, 0.4) is 0 Å². The van der Waals surface area contributed by atoms with Crippen molar-refractivity contribution in [2.75, 3.05) is 47.3 Å². The van der Waals surface area contributed by atoms with Crippen LogP contribution in [0.25, 0.3) is 0 Å². The van der Waals surface area contributed by atoms with Crippen LogP contribution < -0.4 is 5.32 Å². The van der Waals surface area contributed by atoms with Gasteiger partial charge in [0.1, 0.15) is 0 Å². The van der Waals surface area contributed by atoms with Gasteiger partial charge >= 0.3 is 0 Å². The van der Waals surface area contributed by atoms with Gasteiger partial charge in [-0.05, 0) is 54.0 Å². The zero-order valence-corrected chi connectivity index (χ0v) is 11.9. The molecule has 0 aromatic carbocycles. The van der Waals surface area contributed by atoms with Crippen LogP contribution in [0.4, 0.5) is 0 Å². The third-order valence-electron chi connectivity index (χ3n) is 3.06. The minimum Gasteiger partial charge on any atom is -0.315 e. The van der Waals surface area contributed by atoms with E-state index in [4.69, 9.17) is 0 Å². The van der Waals surface area contributed by atoms with E-state index in [1.54, 1.807) is 0 Å². The Morgan fingerprint density at radius 2 is 1.75 bits per heavy atom. The molecule has 0 saturated heterocycles. The summed E-state index contributed by atoms with van der Waals surface area (Å²) >= 11 is 0. The van der Waals surface area contributed by atoms with Crippen molar-refractivity contribution in [3.8, 4) is 0 Å². The molecule has 1 atom stereocenters. The van der Waals surface area contributed by atoms with Gasteiger partial charge in [-0.3, -0.25) is 0 Å². The van der Waals surface area contributed by atoms with Crippen molar-refractivity contribution in [1.82, 2.24) is 15.1 Å². The summed E-state index contributed by atoms with van der Waals surface area (Å²) in [6.45, 7) is 9.14. The lowest BCUT2D eigenvalue weighted by molar-refractivity contribution is 0.244. The van der Waals surface area contributed by atoms with Crippen LogP contribution in [-0.2, 0) is 0 Å². The van der Waals surface area contributed by atoms with Gasteiger partial charge in [-0.1, -0.05) is 13.3 Å². The second-order valence-corrected chi connectivity index (χ2v) is 5.03. The molecule has 0 aliphatic rings. The zero-order valence-electron chi connectivity index (χ0n) is 11.9. The summed E-state index contributed by atoms with van der Waals surface area (Å²) in [6.07, 6.45) is 3.82. The van der Waals surface area contributed by atoms with Gasteiger partial charge in [-0.25, -0.2) is 0 Å². The second-order valence-electron chi connectivity index (χ2n) is 5.03. The summed E-state index contributed by atoms with van der Waals surface area (Å²) in [5.41, 5.74) is 0. The second kappa shape index (κ2) is 10.1. The Labute approximate surface area is 102 Å². The normalized spacial score (nSPS) is 13.7. The zero-order chi connectivity index (χ0) is 12.4. The van der Waals surface area contributed by atoms with Crippen LogP contribution in [0.5, 0.6) is 0 Å². The Morgan fingerprint density at radius 3 is 2.31 bits per heavy atom. The number of rotatable bonds is 10. The van der Waals surface area contributed by atoms with Crippen LogP contribution in [0.15, 0.2) is 0 Å². The smallest absolute Gasteiger partial charge is 0.0107 e. The van der Waals surface area contributed by atoms with E-state index in [9.17, 15) is 0 Å². The molecule has 0 heterocycles. The number of nitrogens with one attached hydrogen (secondary N) is 1. The lowest BCUT2D eigenvalue weighted by Crippen LogP contribution is -2.35. The highest BCUT2D eigenvalue weighted by molar-refractivity contribution is 4.63. The van der Waals surface area contributed by atoms with E-state index in [0.717, 1.165) is 19.6 Å². The quantitative estimate of drug-likeness (QED) is 0.575. The topological polar surface area (TPSA) is 18.5 Å². The Balaban J connectivity index is 3.30. The maximum atomic E-state index is 3.50. The molecule has 98 valence electrons. The first-order chi connectivity index (χ1) is 7.57. The van der Waals surface area contributed by atoms with Crippen LogP contribution >= 0.6 is 0 Å². The van der Waals surface area contributed by atoms with Crippen molar-refractivity contribution >= 4 is 0 Å². The minimum absolute atomic E-state index is 0.716. The van der Waals surface area contributed by atoms with Gasteiger partial charge in [-0.15, -0.1) is 0 Å². The predicted octanol–water partition coefficient (Wildman–Crippen LogP) is 1.65. The fraction of sp³-hybridized carbons (Fsp3) is 1.00. The molecule has 0 spiro atoms. The molecular weight excluding hydrogens is 198 g/mol. The summed E-state index contributed by atoms with van der Waals surface area (Å²) in [4.78, 5) is 4.68. The molecule has 0 aromatic heterocycles. The Morgan fingerprint density at radius 1 is 1.06 bits per heavy atom. The molecule has 1 unspecified atom stereocenters. The first kappa shape index (κ1) is 15.9. The van der Waals surface area contributed by atoms with Crippen LogP contribution in [0.2, 0.25) is 0 Å². The molecule has 0 saturated carbocycles. The van der Waals surface area contributed by atoms with Gasteiger partial charge < -0.3 is 15.1 Å². The molecule has 0 bridgehead atoms. The Hall–Kier alpha value is -0.120. The van der Waals surface area contributed by atoms with Crippen molar-refractivity contribution in [2.24, 2.45) is 0 Å². The third-order valence-corrected chi connectivity index (χ3v) is 3.06. The molecule has 1 N–H and O–H groups in total. The molecule has 0 aromatic rings. The molecule has 0 aliphatic carbocycles. The standard InChI is InChI=1S/C13H31N3/c1-6-8-13(2)16(5)12-10-14-9-7-11-15(3)4/h13-14H,6-12H2,1-5H3. The molecular formula is C13H31N3. The highest BCUT2D eigenvalue weighted by atomic mass is 15.1. The lowest BCUT2D eigenvalue weighted by Gasteiger charge is -2.24. The number of nitrogens with zero attached hydrogens (tertiary/aromatic N) is 2. The molecule has 3 nitrogen and oxygen atoms in total. The summed E-state index contributed by atoms with van der Waals surface area (Å²) in [5, 5.41) is 3.50. The van der Waals surface area contributed by atoms with Gasteiger partial charge in [0.2, 0.25) is 0 Å². The molecule has 0 radical (unpaired) electrons. The molecule has 16 heavy (non-hydrogen) atoms. The largest absolute Gasteiger partial charge is 0.315 e. The predicted molar refractivity (Wildman–Crippen MR) is 73.0 cm³/mol. The SMILES string of the molecule is CCCC(C)N(C)CCNCCCN(C)C. The maximum absolute atomic E-state index is 3.50. The molecule has 0 aliphatic heterocycles. The fourth-order valence-corrected chi connectivity index (χ4v) is 1.76. The Kier molecular flexibility index (Phi) is 9.99. The van der Waals surface area contributed by atoms with E-state index in [2.05, 4.69) is 50.1 Å². The molecule has 0 fully saturated rings. The number of hydrogen-bond acceptors (Lipinski definition) is 3. The Bertz CT molecular complexity index is 148.